The van der Waals surface area contributed by atoms with E-state index >= 15 is 0 Å². The first kappa shape index (κ1) is 15.6. The molecule has 1 saturated carbocycles. The summed E-state index contributed by atoms with van der Waals surface area (Å²) in [6, 6.07) is 18.4. The number of nitrogens with zero attached hydrogens (tertiary/aromatic N) is 1. The molecular weight excluding hydrogens is 284 g/mol. The molecule has 23 heavy (non-hydrogen) atoms. The lowest BCUT2D eigenvalue weighted by atomic mass is 10.1. The number of carbonyl (C=O) groups excluding carboxylic acids is 1. The largest absolute Gasteiger partial charge is 0.372 e. The number of rotatable bonds is 6. The van der Waals surface area contributed by atoms with E-state index in [0.717, 1.165) is 25.2 Å². The summed E-state index contributed by atoms with van der Waals surface area (Å²) in [5.41, 5.74) is 3.34. The van der Waals surface area contributed by atoms with E-state index in [2.05, 4.69) is 48.3 Å². The third kappa shape index (κ3) is 3.55. The number of carbonyl (C=O) groups is 1. The Morgan fingerprint density at radius 1 is 1.04 bits per heavy atom. The summed E-state index contributed by atoms with van der Waals surface area (Å²) < 4.78 is 0. The van der Waals surface area contributed by atoms with Crippen molar-refractivity contribution >= 4 is 17.3 Å². The SMILES string of the molecule is CCN(CC)c1ccc(NC(=O)[C@@H]2C[C@@H]2c2ccccc2)cc1. The van der Waals surface area contributed by atoms with Gasteiger partial charge in [0.15, 0.2) is 0 Å². The molecule has 1 amide bonds. The van der Waals surface area contributed by atoms with Crippen molar-refractivity contribution in [3.05, 3.63) is 60.2 Å². The van der Waals surface area contributed by atoms with Crippen LogP contribution in [0.15, 0.2) is 54.6 Å². The number of hydrogen-bond donors (Lipinski definition) is 1. The van der Waals surface area contributed by atoms with Crippen LogP contribution in [0.25, 0.3) is 0 Å². The molecule has 3 rings (SSSR count). The van der Waals surface area contributed by atoms with Crippen LogP contribution in [-0.2, 0) is 4.79 Å². The van der Waals surface area contributed by atoms with Crippen molar-refractivity contribution < 1.29 is 4.79 Å². The molecule has 2 aromatic rings. The molecule has 0 radical (unpaired) electrons. The summed E-state index contributed by atoms with van der Waals surface area (Å²) in [5.74, 6) is 0.625. The summed E-state index contributed by atoms with van der Waals surface area (Å²) >= 11 is 0. The minimum atomic E-state index is 0.111. The van der Waals surface area contributed by atoms with E-state index in [1.54, 1.807) is 0 Å². The van der Waals surface area contributed by atoms with Crippen LogP contribution in [0.3, 0.4) is 0 Å². The zero-order valence-corrected chi connectivity index (χ0v) is 13.8. The van der Waals surface area contributed by atoms with Gasteiger partial charge in [-0.3, -0.25) is 4.79 Å². The Morgan fingerprint density at radius 2 is 1.70 bits per heavy atom. The molecule has 1 aliphatic carbocycles. The molecule has 0 heterocycles. The molecule has 0 spiro atoms. The number of hydrogen-bond acceptors (Lipinski definition) is 2. The zero-order valence-electron chi connectivity index (χ0n) is 13.8. The Bertz CT molecular complexity index is 647. The highest BCUT2D eigenvalue weighted by Crippen LogP contribution is 2.47. The molecule has 2 aromatic carbocycles. The maximum absolute atomic E-state index is 12.4. The fourth-order valence-corrected chi connectivity index (χ4v) is 3.13. The zero-order chi connectivity index (χ0) is 16.2. The fourth-order valence-electron chi connectivity index (χ4n) is 3.13. The topological polar surface area (TPSA) is 32.3 Å². The standard InChI is InChI=1S/C20H24N2O/c1-3-22(4-2)17-12-10-16(11-13-17)21-20(23)19-14-18(19)15-8-6-5-7-9-15/h5-13,18-19H,3-4,14H2,1-2H3,(H,21,23)/t18-,19-/m1/s1. The molecule has 3 heteroatoms. The van der Waals surface area contributed by atoms with Crippen LogP contribution in [0.1, 0.15) is 31.7 Å². The van der Waals surface area contributed by atoms with Crippen molar-refractivity contribution in [3.8, 4) is 0 Å². The second-order valence-electron chi connectivity index (χ2n) is 6.07. The van der Waals surface area contributed by atoms with Gasteiger partial charge in [0.25, 0.3) is 0 Å². The molecule has 0 saturated heterocycles. The summed E-state index contributed by atoms with van der Waals surface area (Å²) in [7, 11) is 0. The van der Waals surface area contributed by atoms with Crippen LogP contribution < -0.4 is 10.2 Å². The molecule has 3 nitrogen and oxygen atoms in total. The maximum Gasteiger partial charge on any atom is 0.228 e. The van der Waals surface area contributed by atoms with Crippen molar-refractivity contribution in [2.24, 2.45) is 5.92 Å². The second kappa shape index (κ2) is 6.86. The summed E-state index contributed by atoms with van der Waals surface area (Å²) in [5, 5.41) is 3.05. The molecule has 0 aromatic heterocycles. The fraction of sp³-hybridized carbons (Fsp3) is 0.350. The van der Waals surface area contributed by atoms with Crippen molar-refractivity contribution in [2.75, 3.05) is 23.3 Å². The number of benzene rings is 2. The number of anilines is 2. The summed E-state index contributed by atoms with van der Waals surface area (Å²) in [6.07, 6.45) is 0.952. The summed E-state index contributed by atoms with van der Waals surface area (Å²) in [4.78, 5) is 14.7. The van der Waals surface area contributed by atoms with E-state index in [1.807, 2.05) is 30.3 Å². The van der Waals surface area contributed by atoms with E-state index in [0.29, 0.717) is 5.92 Å². The van der Waals surface area contributed by atoms with E-state index in [1.165, 1.54) is 11.3 Å². The number of nitrogens with one attached hydrogen (secondary N) is 1. The Labute approximate surface area is 138 Å². The smallest absolute Gasteiger partial charge is 0.228 e. The van der Waals surface area contributed by atoms with E-state index in [4.69, 9.17) is 0 Å². The van der Waals surface area contributed by atoms with E-state index < -0.39 is 0 Å². The van der Waals surface area contributed by atoms with Gasteiger partial charge in [0.1, 0.15) is 0 Å². The number of amides is 1. The minimum Gasteiger partial charge on any atom is -0.372 e. The Morgan fingerprint density at radius 3 is 2.30 bits per heavy atom. The van der Waals surface area contributed by atoms with Crippen LogP contribution in [0.4, 0.5) is 11.4 Å². The normalized spacial score (nSPS) is 19.2. The third-order valence-corrected chi connectivity index (χ3v) is 4.62. The highest BCUT2D eigenvalue weighted by atomic mass is 16.2. The van der Waals surface area contributed by atoms with Gasteiger partial charge in [-0.05, 0) is 56.0 Å². The van der Waals surface area contributed by atoms with Gasteiger partial charge < -0.3 is 10.2 Å². The quantitative estimate of drug-likeness (QED) is 0.864. The van der Waals surface area contributed by atoms with Crippen LogP contribution in [0, 0.1) is 5.92 Å². The Kier molecular flexibility index (Phi) is 4.65. The second-order valence-corrected chi connectivity index (χ2v) is 6.07. The highest BCUT2D eigenvalue weighted by Gasteiger charge is 2.43. The van der Waals surface area contributed by atoms with Crippen molar-refractivity contribution in [1.29, 1.82) is 0 Å². The first-order valence-corrected chi connectivity index (χ1v) is 8.43. The van der Waals surface area contributed by atoms with Crippen LogP contribution in [0.5, 0.6) is 0 Å². The predicted octanol–water partition coefficient (Wildman–Crippen LogP) is 4.28. The lowest BCUT2D eigenvalue weighted by Gasteiger charge is -2.21. The molecule has 0 bridgehead atoms. The molecule has 0 unspecified atom stereocenters. The molecule has 120 valence electrons. The van der Waals surface area contributed by atoms with Gasteiger partial charge in [0.2, 0.25) is 5.91 Å². The molecule has 1 fully saturated rings. The Balaban J connectivity index is 1.59. The molecular formula is C20H24N2O. The first-order valence-electron chi connectivity index (χ1n) is 8.43. The lowest BCUT2D eigenvalue weighted by molar-refractivity contribution is -0.117. The average molecular weight is 308 g/mol. The molecule has 1 N–H and O–H groups in total. The molecule has 2 atom stereocenters. The van der Waals surface area contributed by atoms with Gasteiger partial charge in [-0.1, -0.05) is 30.3 Å². The van der Waals surface area contributed by atoms with Gasteiger partial charge >= 0.3 is 0 Å². The first-order chi connectivity index (χ1) is 11.2. The van der Waals surface area contributed by atoms with Gasteiger partial charge in [-0.2, -0.15) is 0 Å². The van der Waals surface area contributed by atoms with Gasteiger partial charge in [0.05, 0.1) is 0 Å². The summed E-state index contributed by atoms with van der Waals surface area (Å²) in [6.45, 7) is 6.28. The van der Waals surface area contributed by atoms with E-state index in [-0.39, 0.29) is 11.8 Å². The average Bonchev–Trinajstić information content (AvgIpc) is 3.39. The van der Waals surface area contributed by atoms with Gasteiger partial charge in [-0.15, -0.1) is 0 Å². The maximum atomic E-state index is 12.4. The van der Waals surface area contributed by atoms with Gasteiger partial charge in [0, 0.05) is 30.4 Å². The monoisotopic (exact) mass is 308 g/mol. The van der Waals surface area contributed by atoms with Crippen LogP contribution in [-0.4, -0.2) is 19.0 Å². The third-order valence-electron chi connectivity index (χ3n) is 4.62. The van der Waals surface area contributed by atoms with Crippen molar-refractivity contribution in [2.45, 2.75) is 26.2 Å². The lowest BCUT2D eigenvalue weighted by Crippen LogP contribution is -2.21. The van der Waals surface area contributed by atoms with Crippen LogP contribution >= 0.6 is 0 Å². The predicted molar refractivity (Wildman–Crippen MR) is 95.9 cm³/mol. The Hall–Kier alpha value is -2.29. The van der Waals surface area contributed by atoms with Crippen molar-refractivity contribution in [1.82, 2.24) is 0 Å². The van der Waals surface area contributed by atoms with Gasteiger partial charge in [-0.25, -0.2) is 0 Å². The van der Waals surface area contributed by atoms with Crippen LogP contribution in [0.2, 0.25) is 0 Å². The highest BCUT2D eigenvalue weighted by molar-refractivity contribution is 5.95. The molecule has 1 aliphatic rings. The minimum absolute atomic E-state index is 0.111. The van der Waals surface area contributed by atoms with Crippen molar-refractivity contribution in [3.63, 3.8) is 0 Å². The molecule has 0 aliphatic heterocycles. The van der Waals surface area contributed by atoms with E-state index in [9.17, 15) is 4.79 Å².